The Morgan fingerprint density at radius 3 is 2.64 bits per heavy atom. The Balaban J connectivity index is 3.82. The third-order valence-electron chi connectivity index (χ3n) is 1.14. The normalized spacial score (nSPS) is 10.8. The van der Waals surface area contributed by atoms with Gasteiger partial charge in [0.2, 0.25) is 0 Å². The summed E-state index contributed by atoms with van der Waals surface area (Å²) in [6.45, 7) is 4.38. The van der Waals surface area contributed by atoms with Gasteiger partial charge in [-0.15, -0.1) is 0 Å². The average Bonchev–Trinajstić information content (AvgIpc) is 1.87. The highest BCUT2D eigenvalue weighted by Crippen LogP contribution is 2.22. The molecule has 0 bridgehead atoms. The fourth-order valence-corrected chi connectivity index (χ4v) is 0.471. The fraction of sp³-hybridized carbons (Fsp3) is 0.571. The Hall–Kier alpha value is -0.930. The monoisotopic (exact) mass is 164 g/mol. The van der Waals surface area contributed by atoms with E-state index in [0.29, 0.717) is 0 Å². The molecule has 0 amide bonds. The van der Waals surface area contributed by atoms with E-state index in [0.717, 1.165) is 6.26 Å². The van der Waals surface area contributed by atoms with Crippen LogP contribution in [0.5, 0.6) is 0 Å². The second-order valence-corrected chi connectivity index (χ2v) is 2.04. The Morgan fingerprint density at radius 1 is 1.73 bits per heavy atom. The van der Waals surface area contributed by atoms with Crippen molar-refractivity contribution in [2.45, 2.75) is 25.7 Å². The molecule has 11 heavy (non-hydrogen) atoms. The molecule has 0 N–H and O–H groups in total. The molecule has 0 spiro atoms. The van der Waals surface area contributed by atoms with Crippen LogP contribution < -0.4 is 0 Å². The van der Waals surface area contributed by atoms with Gasteiger partial charge in [0.05, 0.1) is 6.26 Å². The minimum absolute atomic E-state index is 0.362. The molecule has 0 saturated heterocycles. The minimum Gasteiger partial charge on any atom is -0.435 e. The summed E-state index contributed by atoms with van der Waals surface area (Å²) in [6, 6.07) is 0. The lowest BCUT2D eigenvalue weighted by Crippen LogP contribution is -2.20. The number of carbonyl (C=O) groups is 1. The minimum atomic E-state index is -2.96. The van der Waals surface area contributed by atoms with Crippen LogP contribution in [0.1, 0.15) is 19.8 Å². The van der Waals surface area contributed by atoms with Gasteiger partial charge in [0.1, 0.15) is 6.42 Å². The van der Waals surface area contributed by atoms with Gasteiger partial charge in [-0.2, -0.15) is 0 Å². The third kappa shape index (κ3) is 4.47. The van der Waals surface area contributed by atoms with Gasteiger partial charge < -0.3 is 4.74 Å². The maximum absolute atomic E-state index is 12.4. The Morgan fingerprint density at radius 2 is 2.27 bits per heavy atom. The van der Waals surface area contributed by atoms with Crippen LogP contribution in [0.25, 0.3) is 0 Å². The molecular formula is C7H10F2O2. The first-order chi connectivity index (χ1) is 5.02. The molecule has 0 aliphatic heterocycles. The highest BCUT2D eigenvalue weighted by Gasteiger charge is 2.30. The van der Waals surface area contributed by atoms with Crippen molar-refractivity contribution >= 4 is 5.97 Å². The van der Waals surface area contributed by atoms with Crippen molar-refractivity contribution in [1.82, 2.24) is 0 Å². The van der Waals surface area contributed by atoms with Crippen LogP contribution in [-0.4, -0.2) is 11.9 Å². The molecule has 0 aromatic carbocycles. The zero-order valence-electron chi connectivity index (χ0n) is 6.27. The topological polar surface area (TPSA) is 26.3 Å². The number of rotatable bonds is 4. The van der Waals surface area contributed by atoms with Crippen molar-refractivity contribution in [3.63, 3.8) is 0 Å². The van der Waals surface area contributed by atoms with Crippen molar-refractivity contribution < 1.29 is 18.3 Å². The number of carbonyl (C=O) groups excluding carboxylic acids is 1. The highest BCUT2D eigenvalue weighted by atomic mass is 19.3. The second-order valence-electron chi connectivity index (χ2n) is 2.04. The van der Waals surface area contributed by atoms with E-state index in [1.165, 1.54) is 6.92 Å². The predicted molar refractivity (Wildman–Crippen MR) is 36.1 cm³/mol. The van der Waals surface area contributed by atoms with Crippen LogP contribution in [0.2, 0.25) is 0 Å². The van der Waals surface area contributed by atoms with E-state index in [1.54, 1.807) is 0 Å². The van der Waals surface area contributed by atoms with Crippen LogP contribution in [0, 0.1) is 0 Å². The van der Waals surface area contributed by atoms with Gasteiger partial charge in [0.15, 0.2) is 0 Å². The van der Waals surface area contributed by atoms with Gasteiger partial charge in [0, 0.05) is 6.42 Å². The van der Waals surface area contributed by atoms with Crippen molar-refractivity contribution in [2.75, 3.05) is 0 Å². The fourth-order valence-electron chi connectivity index (χ4n) is 0.471. The van der Waals surface area contributed by atoms with Gasteiger partial charge in [0.25, 0.3) is 5.92 Å². The molecule has 0 radical (unpaired) electrons. The van der Waals surface area contributed by atoms with Gasteiger partial charge >= 0.3 is 5.97 Å². The molecule has 0 aliphatic carbocycles. The molecule has 2 nitrogen and oxygen atoms in total. The van der Waals surface area contributed by atoms with Crippen molar-refractivity contribution in [3.05, 3.63) is 12.8 Å². The summed E-state index contributed by atoms with van der Waals surface area (Å²) in [6.07, 6.45) is -0.400. The second kappa shape index (κ2) is 4.05. The molecule has 0 aliphatic rings. The zero-order chi connectivity index (χ0) is 8.91. The Bertz CT molecular complexity index is 155. The van der Waals surface area contributed by atoms with E-state index in [4.69, 9.17) is 0 Å². The molecule has 0 rings (SSSR count). The number of alkyl halides is 2. The molecule has 4 heteroatoms. The van der Waals surface area contributed by atoms with E-state index >= 15 is 0 Å². The third-order valence-corrected chi connectivity index (χ3v) is 1.14. The van der Waals surface area contributed by atoms with Crippen LogP contribution >= 0.6 is 0 Å². The van der Waals surface area contributed by atoms with E-state index in [2.05, 4.69) is 11.3 Å². The molecule has 64 valence electrons. The number of hydrogen-bond donors (Lipinski definition) is 0. The summed E-state index contributed by atoms with van der Waals surface area (Å²) < 4.78 is 28.9. The molecular weight excluding hydrogens is 154 g/mol. The molecule has 0 aromatic heterocycles. The van der Waals surface area contributed by atoms with E-state index in [9.17, 15) is 13.6 Å². The number of ether oxygens (including phenoxy) is 1. The molecule has 0 aromatic rings. The first-order valence-corrected chi connectivity index (χ1v) is 3.20. The number of esters is 1. The summed E-state index contributed by atoms with van der Waals surface area (Å²) in [5.74, 6) is -3.91. The maximum atomic E-state index is 12.4. The van der Waals surface area contributed by atoms with E-state index in [-0.39, 0.29) is 6.42 Å². The SMILES string of the molecule is C=COC(=O)CC(F)(F)CC. The van der Waals surface area contributed by atoms with Crippen LogP contribution in [-0.2, 0) is 9.53 Å². The zero-order valence-corrected chi connectivity index (χ0v) is 6.27. The summed E-state index contributed by atoms with van der Waals surface area (Å²) >= 11 is 0. The Labute approximate surface area is 63.8 Å². The van der Waals surface area contributed by atoms with Crippen LogP contribution in [0.15, 0.2) is 12.8 Å². The van der Waals surface area contributed by atoms with Crippen molar-refractivity contribution in [3.8, 4) is 0 Å². The summed E-state index contributed by atoms with van der Waals surface area (Å²) in [7, 11) is 0. The highest BCUT2D eigenvalue weighted by molar-refractivity contribution is 5.70. The van der Waals surface area contributed by atoms with E-state index < -0.39 is 18.3 Å². The average molecular weight is 164 g/mol. The standard InChI is InChI=1S/C7H10F2O2/c1-3-7(8,9)5-6(10)11-4-2/h4H,2-3,5H2,1H3. The maximum Gasteiger partial charge on any atom is 0.316 e. The Kier molecular flexibility index (Phi) is 3.71. The molecule has 0 unspecified atom stereocenters. The summed E-state index contributed by atoms with van der Waals surface area (Å²) in [4.78, 5) is 10.4. The number of hydrogen-bond acceptors (Lipinski definition) is 2. The van der Waals surface area contributed by atoms with Gasteiger partial charge in [-0.3, -0.25) is 4.79 Å². The first kappa shape index (κ1) is 10.1. The largest absolute Gasteiger partial charge is 0.435 e. The first-order valence-electron chi connectivity index (χ1n) is 3.20. The number of halogens is 2. The van der Waals surface area contributed by atoms with Gasteiger partial charge in [-0.05, 0) is 0 Å². The smallest absolute Gasteiger partial charge is 0.316 e. The van der Waals surface area contributed by atoms with Crippen molar-refractivity contribution in [2.24, 2.45) is 0 Å². The quantitative estimate of drug-likeness (QED) is 0.470. The van der Waals surface area contributed by atoms with Gasteiger partial charge in [-0.25, -0.2) is 8.78 Å². The van der Waals surface area contributed by atoms with Crippen LogP contribution in [0.3, 0.4) is 0 Å². The predicted octanol–water partition coefficient (Wildman–Crippen LogP) is 2.11. The lowest BCUT2D eigenvalue weighted by atomic mass is 10.2. The molecule has 0 atom stereocenters. The molecule has 0 fully saturated rings. The van der Waals surface area contributed by atoms with Crippen LogP contribution in [0.4, 0.5) is 8.78 Å². The van der Waals surface area contributed by atoms with Crippen molar-refractivity contribution in [1.29, 1.82) is 0 Å². The van der Waals surface area contributed by atoms with E-state index in [1.807, 2.05) is 0 Å². The lowest BCUT2D eigenvalue weighted by Gasteiger charge is -2.10. The lowest BCUT2D eigenvalue weighted by molar-refractivity contribution is -0.145. The molecule has 0 saturated carbocycles. The summed E-state index contributed by atoms with van der Waals surface area (Å²) in [5, 5.41) is 0. The summed E-state index contributed by atoms with van der Waals surface area (Å²) in [5.41, 5.74) is 0. The molecule has 0 heterocycles. The van der Waals surface area contributed by atoms with Gasteiger partial charge in [-0.1, -0.05) is 13.5 Å².